The van der Waals surface area contributed by atoms with Gasteiger partial charge in [-0.1, -0.05) is 30.3 Å². The maximum atomic E-state index is 13.9. The minimum atomic E-state index is -1.32. The average Bonchev–Trinajstić information content (AvgIpc) is 2.47. The van der Waals surface area contributed by atoms with E-state index in [9.17, 15) is 9.18 Å². The number of carboxylic acids is 1. The Morgan fingerprint density at radius 2 is 1.95 bits per heavy atom. The minimum Gasteiger partial charge on any atom is -0.478 e. The zero-order chi connectivity index (χ0) is 15.4. The zero-order valence-corrected chi connectivity index (χ0v) is 11.7. The molecule has 0 radical (unpaired) electrons. The molecule has 0 heterocycles. The normalized spacial score (nSPS) is 10.4. The largest absolute Gasteiger partial charge is 0.478 e. The van der Waals surface area contributed by atoms with E-state index in [1.165, 1.54) is 12.1 Å². The molecule has 4 nitrogen and oxygen atoms in total. The summed E-state index contributed by atoms with van der Waals surface area (Å²) in [6, 6.07) is 12.1. The lowest BCUT2D eigenvalue weighted by Crippen LogP contribution is -2.23. The van der Waals surface area contributed by atoms with Gasteiger partial charge in [0.15, 0.2) is 0 Å². The van der Waals surface area contributed by atoms with Gasteiger partial charge in [0.25, 0.3) is 0 Å². The Morgan fingerprint density at radius 3 is 2.52 bits per heavy atom. The van der Waals surface area contributed by atoms with Crippen molar-refractivity contribution in [1.29, 1.82) is 0 Å². The van der Waals surface area contributed by atoms with Crippen LogP contribution in [0.1, 0.15) is 22.8 Å². The summed E-state index contributed by atoms with van der Waals surface area (Å²) < 4.78 is 13.9. The number of carbonyl (C=O) groups is 1. The van der Waals surface area contributed by atoms with Gasteiger partial charge in [-0.05, 0) is 18.6 Å². The van der Waals surface area contributed by atoms with Crippen LogP contribution in [-0.2, 0) is 6.54 Å². The Labute approximate surface area is 122 Å². The van der Waals surface area contributed by atoms with Gasteiger partial charge in [-0.25, -0.2) is 9.18 Å². The van der Waals surface area contributed by atoms with E-state index in [4.69, 9.17) is 10.8 Å². The standard InChI is InChI=1S/C16H17FN2O2/c1-2-19(10-11-6-4-3-5-7-11)15-9-13(17)12(16(20)21)8-14(15)18/h3-9H,2,10,18H2,1H3,(H,20,21). The number of nitrogens with two attached hydrogens (primary N) is 1. The first-order valence-electron chi connectivity index (χ1n) is 6.64. The molecule has 0 bridgehead atoms. The van der Waals surface area contributed by atoms with Crippen LogP contribution in [0.15, 0.2) is 42.5 Å². The van der Waals surface area contributed by atoms with Crippen molar-refractivity contribution in [2.75, 3.05) is 17.2 Å². The van der Waals surface area contributed by atoms with Crippen LogP contribution in [0.5, 0.6) is 0 Å². The van der Waals surface area contributed by atoms with E-state index in [0.717, 1.165) is 5.56 Å². The first kappa shape index (κ1) is 14.8. The molecule has 0 aromatic heterocycles. The van der Waals surface area contributed by atoms with Crippen molar-refractivity contribution in [2.24, 2.45) is 0 Å². The molecule has 0 aliphatic rings. The highest BCUT2D eigenvalue weighted by atomic mass is 19.1. The van der Waals surface area contributed by atoms with E-state index in [0.29, 0.717) is 18.8 Å². The molecule has 2 aromatic rings. The lowest BCUT2D eigenvalue weighted by Gasteiger charge is -2.25. The van der Waals surface area contributed by atoms with E-state index >= 15 is 0 Å². The third kappa shape index (κ3) is 3.31. The van der Waals surface area contributed by atoms with Crippen molar-refractivity contribution in [3.63, 3.8) is 0 Å². The SMILES string of the molecule is CCN(Cc1ccccc1)c1cc(F)c(C(=O)O)cc1N. The van der Waals surface area contributed by atoms with E-state index in [1.54, 1.807) is 0 Å². The van der Waals surface area contributed by atoms with Crippen molar-refractivity contribution < 1.29 is 14.3 Å². The summed E-state index contributed by atoms with van der Waals surface area (Å²) in [4.78, 5) is 12.8. The van der Waals surface area contributed by atoms with Gasteiger partial charge in [0.05, 0.1) is 16.9 Å². The molecular weight excluding hydrogens is 271 g/mol. The van der Waals surface area contributed by atoms with Gasteiger partial charge in [-0.3, -0.25) is 0 Å². The topological polar surface area (TPSA) is 66.6 Å². The van der Waals surface area contributed by atoms with E-state index in [2.05, 4.69) is 0 Å². The number of benzene rings is 2. The number of halogens is 1. The molecule has 0 unspecified atom stereocenters. The highest BCUT2D eigenvalue weighted by molar-refractivity contribution is 5.90. The Kier molecular flexibility index (Phi) is 4.42. The average molecular weight is 288 g/mol. The molecule has 0 saturated heterocycles. The smallest absolute Gasteiger partial charge is 0.338 e. The Morgan fingerprint density at radius 1 is 1.29 bits per heavy atom. The molecule has 0 aliphatic heterocycles. The van der Waals surface area contributed by atoms with Crippen LogP contribution in [0.3, 0.4) is 0 Å². The van der Waals surface area contributed by atoms with Gasteiger partial charge < -0.3 is 15.7 Å². The summed E-state index contributed by atoms with van der Waals surface area (Å²) in [5, 5.41) is 8.90. The van der Waals surface area contributed by atoms with Crippen molar-refractivity contribution in [1.82, 2.24) is 0 Å². The summed E-state index contributed by atoms with van der Waals surface area (Å²) >= 11 is 0. The fourth-order valence-corrected chi connectivity index (χ4v) is 2.19. The van der Waals surface area contributed by atoms with Crippen LogP contribution in [-0.4, -0.2) is 17.6 Å². The van der Waals surface area contributed by atoms with Crippen molar-refractivity contribution in [2.45, 2.75) is 13.5 Å². The molecule has 0 aliphatic carbocycles. The Balaban J connectivity index is 2.34. The fraction of sp³-hybridized carbons (Fsp3) is 0.188. The first-order chi connectivity index (χ1) is 10.0. The molecule has 0 fully saturated rings. The molecule has 2 aromatic carbocycles. The number of carboxylic acid groups (broad SMARTS) is 1. The van der Waals surface area contributed by atoms with E-state index < -0.39 is 17.3 Å². The number of hydrogen-bond acceptors (Lipinski definition) is 3. The third-order valence-corrected chi connectivity index (χ3v) is 3.29. The molecular formula is C16H17FN2O2. The molecule has 21 heavy (non-hydrogen) atoms. The first-order valence-corrected chi connectivity index (χ1v) is 6.64. The van der Waals surface area contributed by atoms with Crippen molar-refractivity contribution >= 4 is 17.3 Å². The predicted octanol–water partition coefficient (Wildman–Crippen LogP) is 3.13. The molecule has 110 valence electrons. The maximum Gasteiger partial charge on any atom is 0.338 e. The van der Waals surface area contributed by atoms with Gasteiger partial charge in [0.2, 0.25) is 0 Å². The van der Waals surface area contributed by atoms with Crippen molar-refractivity contribution in [3.05, 3.63) is 59.4 Å². The van der Waals surface area contributed by atoms with Gasteiger partial charge >= 0.3 is 5.97 Å². The van der Waals surface area contributed by atoms with E-state index in [-0.39, 0.29) is 5.69 Å². The molecule has 3 N–H and O–H groups in total. The lowest BCUT2D eigenvalue weighted by atomic mass is 10.1. The van der Waals surface area contributed by atoms with Gasteiger partial charge in [0, 0.05) is 19.2 Å². The van der Waals surface area contributed by atoms with Gasteiger partial charge in [0.1, 0.15) is 5.82 Å². The Bertz CT molecular complexity index is 644. The molecule has 0 amide bonds. The van der Waals surface area contributed by atoms with Gasteiger partial charge in [-0.2, -0.15) is 0 Å². The summed E-state index contributed by atoms with van der Waals surface area (Å²) in [7, 11) is 0. The fourth-order valence-electron chi connectivity index (χ4n) is 2.19. The molecule has 5 heteroatoms. The molecule has 2 rings (SSSR count). The highest BCUT2D eigenvalue weighted by Crippen LogP contribution is 2.28. The van der Waals surface area contributed by atoms with Gasteiger partial charge in [-0.15, -0.1) is 0 Å². The second-order valence-corrected chi connectivity index (χ2v) is 4.70. The van der Waals surface area contributed by atoms with Crippen LogP contribution >= 0.6 is 0 Å². The van der Waals surface area contributed by atoms with Crippen LogP contribution in [0, 0.1) is 5.82 Å². The highest BCUT2D eigenvalue weighted by Gasteiger charge is 2.17. The number of nitrogen functional groups attached to an aromatic ring is 1. The number of anilines is 2. The number of aromatic carboxylic acids is 1. The van der Waals surface area contributed by atoms with Crippen LogP contribution < -0.4 is 10.6 Å². The summed E-state index contributed by atoms with van der Waals surface area (Å²) in [5.74, 6) is -2.10. The van der Waals surface area contributed by atoms with Crippen LogP contribution in [0.4, 0.5) is 15.8 Å². The Hall–Kier alpha value is -2.56. The van der Waals surface area contributed by atoms with Crippen LogP contribution in [0.25, 0.3) is 0 Å². The second-order valence-electron chi connectivity index (χ2n) is 4.70. The zero-order valence-electron chi connectivity index (χ0n) is 11.7. The third-order valence-electron chi connectivity index (χ3n) is 3.29. The molecule has 0 atom stereocenters. The lowest BCUT2D eigenvalue weighted by molar-refractivity contribution is 0.0692. The van der Waals surface area contributed by atoms with E-state index in [1.807, 2.05) is 42.2 Å². The monoisotopic (exact) mass is 288 g/mol. The number of nitrogens with zero attached hydrogens (tertiary/aromatic N) is 1. The number of hydrogen-bond donors (Lipinski definition) is 2. The quantitative estimate of drug-likeness (QED) is 0.829. The second kappa shape index (κ2) is 6.26. The summed E-state index contributed by atoms with van der Waals surface area (Å²) in [6.45, 7) is 3.14. The number of rotatable bonds is 5. The van der Waals surface area contributed by atoms with Crippen LogP contribution in [0.2, 0.25) is 0 Å². The molecule has 0 spiro atoms. The van der Waals surface area contributed by atoms with Crippen molar-refractivity contribution in [3.8, 4) is 0 Å². The summed E-state index contributed by atoms with van der Waals surface area (Å²) in [5.41, 5.74) is 7.31. The predicted molar refractivity (Wildman–Crippen MR) is 80.9 cm³/mol. The minimum absolute atomic E-state index is 0.256. The summed E-state index contributed by atoms with van der Waals surface area (Å²) in [6.07, 6.45) is 0. The maximum absolute atomic E-state index is 13.9. The molecule has 0 saturated carbocycles.